The third-order valence-corrected chi connectivity index (χ3v) is 4.64. The van der Waals surface area contributed by atoms with Crippen LogP contribution in [0, 0.1) is 0 Å². The molecule has 0 N–H and O–H groups in total. The Balaban J connectivity index is 2.15. The average molecular weight is 381 g/mol. The Kier molecular flexibility index (Phi) is 15.1. The van der Waals surface area contributed by atoms with E-state index in [1.54, 1.807) is 0 Å². The van der Waals surface area contributed by atoms with Gasteiger partial charge in [-0.2, -0.15) is 0 Å². The van der Waals surface area contributed by atoms with Crippen molar-refractivity contribution >= 4 is 0 Å². The average Bonchev–Trinajstić information content (AvgIpc) is 2.65. The fourth-order valence-corrected chi connectivity index (χ4v) is 3.04. The summed E-state index contributed by atoms with van der Waals surface area (Å²) in [7, 11) is 0. The summed E-state index contributed by atoms with van der Waals surface area (Å²) in [6.07, 6.45) is 14.9. The lowest BCUT2D eigenvalue weighted by atomic mass is 10.1. The van der Waals surface area contributed by atoms with Gasteiger partial charge in [-0.25, -0.2) is 0 Å². The molecule has 0 radical (unpaired) electrons. The van der Waals surface area contributed by atoms with Crippen LogP contribution in [0.25, 0.3) is 0 Å². The van der Waals surface area contributed by atoms with E-state index in [0.29, 0.717) is 37.9 Å². The van der Waals surface area contributed by atoms with Gasteiger partial charge in [0.25, 0.3) is 0 Å². The van der Waals surface area contributed by atoms with Gasteiger partial charge in [-0.05, 0) is 12.8 Å². The lowest BCUT2D eigenvalue weighted by Crippen LogP contribution is -2.06. The summed E-state index contributed by atoms with van der Waals surface area (Å²) < 4.78 is 17.0. The van der Waals surface area contributed by atoms with E-state index in [1.807, 2.05) is 0 Å². The Labute approximate surface area is 165 Å². The molecule has 156 valence electrons. The molecule has 0 aliphatic carbocycles. The highest BCUT2D eigenvalue weighted by molar-refractivity contribution is 5.05. The van der Waals surface area contributed by atoms with Crippen LogP contribution in [0.15, 0.2) is 21.3 Å². The number of unbranched alkanes of at least 4 members (excludes halogenated alkanes) is 10. The molecule has 0 saturated heterocycles. The summed E-state index contributed by atoms with van der Waals surface area (Å²) in [6.45, 7) is 6.60. The summed E-state index contributed by atoms with van der Waals surface area (Å²) in [4.78, 5) is 11.8. The van der Waals surface area contributed by atoms with Crippen LogP contribution < -0.4 is 5.43 Å². The van der Waals surface area contributed by atoms with Crippen molar-refractivity contribution in [2.24, 2.45) is 0 Å². The monoisotopic (exact) mass is 380 g/mol. The van der Waals surface area contributed by atoms with Gasteiger partial charge in [0.2, 0.25) is 0 Å². The summed E-state index contributed by atoms with van der Waals surface area (Å²) in [5.41, 5.74) is -0.0439. The lowest BCUT2D eigenvalue weighted by molar-refractivity contribution is 0.0830. The molecule has 0 unspecified atom stereocenters. The minimum Gasteiger partial charge on any atom is -0.461 e. The molecule has 0 aliphatic rings. The van der Waals surface area contributed by atoms with Gasteiger partial charge >= 0.3 is 0 Å². The summed E-state index contributed by atoms with van der Waals surface area (Å²) in [6, 6.07) is 3.02. The molecule has 0 fully saturated rings. The van der Waals surface area contributed by atoms with Crippen LogP contribution in [0.2, 0.25) is 0 Å². The second-order valence-electron chi connectivity index (χ2n) is 7.37. The fourth-order valence-electron chi connectivity index (χ4n) is 3.04. The van der Waals surface area contributed by atoms with Gasteiger partial charge in [0.1, 0.15) is 24.7 Å². The first kappa shape index (κ1) is 23.9. The van der Waals surface area contributed by atoms with Gasteiger partial charge in [0.15, 0.2) is 5.43 Å². The third-order valence-electron chi connectivity index (χ3n) is 4.64. The van der Waals surface area contributed by atoms with E-state index in [0.717, 1.165) is 12.8 Å². The van der Waals surface area contributed by atoms with Crippen molar-refractivity contribution in [2.45, 2.75) is 104 Å². The van der Waals surface area contributed by atoms with Crippen LogP contribution in [-0.4, -0.2) is 13.2 Å². The molecule has 4 heteroatoms. The zero-order valence-electron chi connectivity index (χ0n) is 17.6. The number of rotatable bonds is 18. The lowest BCUT2D eigenvalue weighted by Gasteiger charge is -2.07. The van der Waals surface area contributed by atoms with Crippen LogP contribution in [-0.2, 0) is 22.7 Å². The first-order valence-electron chi connectivity index (χ1n) is 11.0. The Morgan fingerprint density at radius 2 is 1.07 bits per heavy atom. The predicted octanol–water partition coefficient (Wildman–Crippen LogP) is 6.39. The molecular formula is C23H40O4. The van der Waals surface area contributed by atoms with E-state index in [-0.39, 0.29) is 5.43 Å². The van der Waals surface area contributed by atoms with Gasteiger partial charge in [0.05, 0.1) is 0 Å². The molecule has 1 heterocycles. The summed E-state index contributed by atoms with van der Waals surface area (Å²) in [5.74, 6) is 1.18. The highest BCUT2D eigenvalue weighted by Gasteiger charge is 2.04. The Morgan fingerprint density at radius 3 is 1.52 bits per heavy atom. The molecule has 27 heavy (non-hydrogen) atoms. The van der Waals surface area contributed by atoms with Crippen LogP contribution in [0.5, 0.6) is 0 Å². The predicted molar refractivity (Wildman–Crippen MR) is 111 cm³/mol. The van der Waals surface area contributed by atoms with E-state index >= 15 is 0 Å². The van der Waals surface area contributed by atoms with Gasteiger partial charge in [-0.3, -0.25) is 4.79 Å². The van der Waals surface area contributed by atoms with Crippen molar-refractivity contribution in [1.82, 2.24) is 0 Å². The van der Waals surface area contributed by atoms with Crippen molar-refractivity contribution < 1.29 is 13.9 Å². The van der Waals surface area contributed by atoms with Crippen molar-refractivity contribution in [3.63, 3.8) is 0 Å². The minimum absolute atomic E-state index is 0.0439. The van der Waals surface area contributed by atoms with Crippen molar-refractivity contribution in [3.8, 4) is 0 Å². The first-order chi connectivity index (χ1) is 13.3. The Bertz CT molecular complexity index is 468. The molecule has 0 aliphatic heterocycles. The van der Waals surface area contributed by atoms with Gasteiger partial charge in [-0.15, -0.1) is 0 Å². The first-order valence-corrected chi connectivity index (χ1v) is 11.0. The van der Waals surface area contributed by atoms with Crippen LogP contribution in [0.4, 0.5) is 0 Å². The van der Waals surface area contributed by atoms with Crippen molar-refractivity contribution in [3.05, 3.63) is 33.9 Å². The minimum atomic E-state index is -0.0439. The second-order valence-corrected chi connectivity index (χ2v) is 7.37. The Hall–Kier alpha value is -1.13. The zero-order chi connectivity index (χ0) is 19.6. The zero-order valence-corrected chi connectivity index (χ0v) is 17.6. The maximum absolute atomic E-state index is 11.8. The third kappa shape index (κ3) is 13.7. The summed E-state index contributed by atoms with van der Waals surface area (Å²) >= 11 is 0. The normalized spacial score (nSPS) is 11.2. The fraction of sp³-hybridized carbons (Fsp3) is 0.783. The van der Waals surface area contributed by atoms with Crippen LogP contribution in [0.1, 0.15) is 102 Å². The van der Waals surface area contributed by atoms with Crippen LogP contribution in [0.3, 0.4) is 0 Å². The molecule has 0 saturated carbocycles. The van der Waals surface area contributed by atoms with E-state index < -0.39 is 0 Å². The van der Waals surface area contributed by atoms with Crippen molar-refractivity contribution in [2.75, 3.05) is 13.2 Å². The standard InChI is InChI=1S/C23H40O4/c1-3-5-7-9-11-13-15-25-19-22-17-21(24)18-23(27-22)20-26-16-14-12-10-8-6-4-2/h17-18H,3-16,19-20H2,1-2H3. The molecule has 0 amide bonds. The van der Waals surface area contributed by atoms with E-state index in [9.17, 15) is 4.79 Å². The van der Waals surface area contributed by atoms with Crippen molar-refractivity contribution in [1.29, 1.82) is 0 Å². The summed E-state index contributed by atoms with van der Waals surface area (Å²) in [5, 5.41) is 0. The maximum Gasteiger partial charge on any atom is 0.185 e. The molecule has 0 atom stereocenters. The van der Waals surface area contributed by atoms with Gasteiger partial charge in [-0.1, -0.05) is 78.1 Å². The molecule has 0 spiro atoms. The van der Waals surface area contributed by atoms with E-state index in [1.165, 1.54) is 76.3 Å². The molecule has 0 aromatic carbocycles. The second kappa shape index (κ2) is 17.0. The number of ether oxygens (including phenoxy) is 2. The van der Waals surface area contributed by atoms with Gasteiger partial charge < -0.3 is 13.9 Å². The molecular weight excluding hydrogens is 340 g/mol. The highest BCUT2D eigenvalue weighted by atomic mass is 16.5. The molecule has 1 rings (SSSR count). The number of hydrogen-bond acceptors (Lipinski definition) is 4. The van der Waals surface area contributed by atoms with Crippen LogP contribution >= 0.6 is 0 Å². The topological polar surface area (TPSA) is 48.7 Å². The molecule has 1 aromatic heterocycles. The SMILES string of the molecule is CCCCCCCCOCc1cc(=O)cc(COCCCCCCCC)o1. The smallest absolute Gasteiger partial charge is 0.185 e. The maximum atomic E-state index is 11.8. The van der Waals surface area contributed by atoms with Gasteiger partial charge in [0, 0.05) is 25.3 Å². The van der Waals surface area contributed by atoms with E-state index in [4.69, 9.17) is 13.9 Å². The molecule has 4 nitrogen and oxygen atoms in total. The Morgan fingerprint density at radius 1 is 0.667 bits per heavy atom. The molecule has 0 bridgehead atoms. The number of hydrogen-bond donors (Lipinski definition) is 0. The van der Waals surface area contributed by atoms with E-state index in [2.05, 4.69) is 13.8 Å². The molecule has 1 aromatic rings. The largest absolute Gasteiger partial charge is 0.461 e. The highest BCUT2D eigenvalue weighted by Crippen LogP contribution is 2.09. The quantitative estimate of drug-likeness (QED) is 0.277.